The number of ether oxygens (including phenoxy) is 1. The second-order valence-corrected chi connectivity index (χ2v) is 8.32. The maximum atomic E-state index is 6.31. The fourth-order valence-corrected chi connectivity index (χ4v) is 4.32. The average Bonchev–Trinajstić information content (AvgIpc) is 3.05. The summed E-state index contributed by atoms with van der Waals surface area (Å²) in [4.78, 5) is 11.5. The highest BCUT2D eigenvalue weighted by Crippen LogP contribution is 2.36. The van der Waals surface area contributed by atoms with Gasteiger partial charge < -0.3 is 9.30 Å². The Labute approximate surface area is 177 Å². The molecule has 2 aromatic heterocycles. The van der Waals surface area contributed by atoms with Crippen molar-refractivity contribution in [1.29, 1.82) is 0 Å². The van der Waals surface area contributed by atoms with Crippen LogP contribution in [0.25, 0.3) is 11.0 Å². The summed E-state index contributed by atoms with van der Waals surface area (Å²) in [5, 5.41) is 0.790. The van der Waals surface area contributed by atoms with Crippen molar-refractivity contribution in [3.63, 3.8) is 0 Å². The fraction of sp³-hybridized carbons (Fsp3) is 0.478. The molecule has 29 heavy (non-hydrogen) atoms. The Hall–Kier alpha value is -2.11. The predicted molar refractivity (Wildman–Crippen MR) is 118 cm³/mol. The number of hydrogen-bond donors (Lipinski definition) is 0. The molecule has 0 bridgehead atoms. The zero-order valence-electron chi connectivity index (χ0n) is 17.3. The van der Waals surface area contributed by atoms with Crippen LogP contribution in [0.5, 0.6) is 5.75 Å². The van der Waals surface area contributed by atoms with Crippen molar-refractivity contribution in [1.82, 2.24) is 19.4 Å². The molecule has 1 aromatic carbocycles. The zero-order chi connectivity index (χ0) is 20.2. The number of imidazole rings is 1. The Morgan fingerprint density at radius 2 is 2.03 bits per heavy atom. The third-order valence-corrected chi connectivity index (χ3v) is 6.13. The molecule has 0 N–H and O–H groups in total. The molecule has 0 saturated carbocycles. The second kappa shape index (κ2) is 9.14. The average molecular weight is 413 g/mol. The number of hydrogen-bond acceptors (Lipinski definition) is 4. The van der Waals surface area contributed by atoms with E-state index in [1.807, 2.05) is 30.6 Å². The molecule has 6 heteroatoms. The smallest absolute Gasteiger partial charge is 0.123 e. The summed E-state index contributed by atoms with van der Waals surface area (Å²) in [5.41, 5.74) is 3.37. The molecule has 0 atom stereocenters. The number of aromatic nitrogens is 3. The van der Waals surface area contributed by atoms with Crippen molar-refractivity contribution in [3.8, 4) is 5.75 Å². The van der Waals surface area contributed by atoms with Crippen molar-refractivity contribution in [2.75, 3.05) is 19.7 Å². The van der Waals surface area contributed by atoms with Crippen LogP contribution in [0, 0.1) is 0 Å². The summed E-state index contributed by atoms with van der Waals surface area (Å²) in [6, 6.07) is 8.09. The van der Waals surface area contributed by atoms with Crippen molar-refractivity contribution < 1.29 is 4.74 Å². The van der Waals surface area contributed by atoms with Crippen LogP contribution in [0.3, 0.4) is 0 Å². The SMILES string of the molecule is CCCCOc1ccc(Cl)cc1C1CCN(Cc2nc3cnccc3n2C)CC1. The lowest BCUT2D eigenvalue weighted by Gasteiger charge is -2.32. The Morgan fingerprint density at radius 1 is 1.21 bits per heavy atom. The second-order valence-electron chi connectivity index (χ2n) is 7.89. The minimum absolute atomic E-state index is 0.492. The highest BCUT2D eigenvalue weighted by atomic mass is 35.5. The highest BCUT2D eigenvalue weighted by Gasteiger charge is 2.24. The predicted octanol–water partition coefficient (Wildman–Crippen LogP) is 5.18. The van der Waals surface area contributed by atoms with Gasteiger partial charge in [0.05, 0.1) is 24.9 Å². The van der Waals surface area contributed by atoms with Gasteiger partial charge in [-0.1, -0.05) is 24.9 Å². The minimum atomic E-state index is 0.492. The number of fused-ring (bicyclic) bond motifs is 1. The molecule has 0 radical (unpaired) electrons. The summed E-state index contributed by atoms with van der Waals surface area (Å²) in [6.07, 6.45) is 8.09. The van der Waals surface area contributed by atoms with E-state index in [2.05, 4.69) is 34.5 Å². The van der Waals surface area contributed by atoms with Gasteiger partial charge in [-0.15, -0.1) is 0 Å². The molecule has 1 fully saturated rings. The van der Waals surface area contributed by atoms with Crippen molar-refractivity contribution in [2.24, 2.45) is 7.05 Å². The Balaban J connectivity index is 1.41. The summed E-state index contributed by atoms with van der Waals surface area (Å²) < 4.78 is 8.25. The number of piperidine rings is 1. The molecule has 0 amide bonds. The van der Waals surface area contributed by atoms with E-state index in [4.69, 9.17) is 21.3 Å². The van der Waals surface area contributed by atoms with Crippen LogP contribution in [0.4, 0.5) is 0 Å². The van der Waals surface area contributed by atoms with E-state index in [1.54, 1.807) is 0 Å². The Morgan fingerprint density at radius 3 is 2.79 bits per heavy atom. The largest absolute Gasteiger partial charge is 0.493 e. The molecular weight excluding hydrogens is 384 g/mol. The number of rotatable bonds is 7. The third kappa shape index (κ3) is 4.57. The van der Waals surface area contributed by atoms with Crippen LogP contribution in [0.1, 0.15) is 49.9 Å². The summed E-state index contributed by atoms with van der Waals surface area (Å²) in [7, 11) is 2.09. The third-order valence-electron chi connectivity index (χ3n) is 5.90. The number of likely N-dealkylation sites (tertiary alicyclic amines) is 1. The first-order valence-corrected chi connectivity index (χ1v) is 10.9. The van der Waals surface area contributed by atoms with Crippen molar-refractivity contribution in [3.05, 3.63) is 53.1 Å². The molecule has 5 nitrogen and oxygen atoms in total. The van der Waals surface area contributed by atoms with E-state index in [9.17, 15) is 0 Å². The van der Waals surface area contributed by atoms with E-state index < -0.39 is 0 Å². The van der Waals surface area contributed by atoms with E-state index in [0.29, 0.717) is 5.92 Å². The van der Waals surface area contributed by atoms with Gasteiger partial charge in [0.25, 0.3) is 0 Å². The van der Waals surface area contributed by atoms with Crippen LogP contribution in [0.2, 0.25) is 5.02 Å². The number of benzene rings is 1. The van der Waals surface area contributed by atoms with Gasteiger partial charge in [0.2, 0.25) is 0 Å². The van der Waals surface area contributed by atoms with Gasteiger partial charge in [-0.3, -0.25) is 9.88 Å². The summed E-state index contributed by atoms with van der Waals surface area (Å²) in [6.45, 7) is 5.92. The first-order valence-electron chi connectivity index (χ1n) is 10.6. The Bertz CT molecular complexity index is 963. The molecule has 1 aliphatic heterocycles. The van der Waals surface area contributed by atoms with Crippen molar-refractivity contribution in [2.45, 2.75) is 45.1 Å². The van der Waals surface area contributed by atoms with Crippen LogP contribution < -0.4 is 4.74 Å². The van der Waals surface area contributed by atoms with Gasteiger partial charge in [-0.2, -0.15) is 0 Å². The van der Waals surface area contributed by atoms with Gasteiger partial charge in [0.15, 0.2) is 0 Å². The molecule has 0 spiro atoms. The molecule has 4 rings (SSSR count). The standard InChI is InChI=1S/C23H29ClN4O/c1-3-4-13-29-22-6-5-18(24)14-19(22)17-8-11-28(12-9-17)16-23-26-20-15-25-10-7-21(20)27(23)2/h5-7,10,14-15,17H,3-4,8-9,11-13,16H2,1-2H3. The lowest BCUT2D eigenvalue weighted by atomic mass is 9.88. The number of unbranched alkanes of at least 4 members (excludes halogenated alkanes) is 1. The molecule has 1 aliphatic rings. The first kappa shape index (κ1) is 20.2. The molecule has 1 saturated heterocycles. The molecule has 3 heterocycles. The quantitative estimate of drug-likeness (QED) is 0.501. The van der Waals surface area contributed by atoms with E-state index in [0.717, 1.165) is 79.6 Å². The highest BCUT2D eigenvalue weighted by molar-refractivity contribution is 6.30. The van der Waals surface area contributed by atoms with Crippen molar-refractivity contribution >= 4 is 22.6 Å². The Kier molecular flexibility index (Phi) is 6.36. The normalized spacial score (nSPS) is 15.8. The molecule has 3 aromatic rings. The molecule has 154 valence electrons. The minimum Gasteiger partial charge on any atom is -0.493 e. The number of pyridine rings is 1. The summed E-state index contributed by atoms with van der Waals surface area (Å²) in [5.74, 6) is 2.59. The van der Waals surface area contributed by atoms with E-state index >= 15 is 0 Å². The maximum Gasteiger partial charge on any atom is 0.123 e. The fourth-order valence-electron chi connectivity index (χ4n) is 4.14. The molecular formula is C23H29ClN4O. The van der Waals surface area contributed by atoms with Crippen LogP contribution in [-0.4, -0.2) is 39.1 Å². The number of halogens is 1. The van der Waals surface area contributed by atoms with Gasteiger partial charge >= 0.3 is 0 Å². The maximum absolute atomic E-state index is 6.31. The first-order chi connectivity index (χ1) is 14.2. The van der Waals surface area contributed by atoms with Gasteiger partial charge in [0, 0.05) is 18.3 Å². The lowest BCUT2D eigenvalue weighted by Crippen LogP contribution is -2.33. The van der Waals surface area contributed by atoms with Crippen LogP contribution in [-0.2, 0) is 13.6 Å². The summed E-state index contributed by atoms with van der Waals surface area (Å²) >= 11 is 6.31. The van der Waals surface area contributed by atoms with E-state index in [1.165, 1.54) is 5.56 Å². The zero-order valence-corrected chi connectivity index (χ0v) is 18.0. The monoisotopic (exact) mass is 412 g/mol. The van der Waals surface area contributed by atoms with Crippen LogP contribution >= 0.6 is 11.6 Å². The lowest BCUT2D eigenvalue weighted by molar-refractivity contribution is 0.196. The molecule has 0 aliphatic carbocycles. The topological polar surface area (TPSA) is 43.2 Å². The van der Waals surface area contributed by atoms with E-state index in [-0.39, 0.29) is 0 Å². The van der Waals surface area contributed by atoms with Gasteiger partial charge in [-0.25, -0.2) is 4.98 Å². The number of aryl methyl sites for hydroxylation is 1. The van der Waals surface area contributed by atoms with Gasteiger partial charge in [0.1, 0.15) is 17.1 Å². The number of nitrogens with zero attached hydrogens (tertiary/aromatic N) is 4. The van der Waals surface area contributed by atoms with Gasteiger partial charge in [-0.05, 0) is 68.1 Å². The van der Waals surface area contributed by atoms with Crippen LogP contribution in [0.15, 0.2) is 36.7 Å². The molecule has 0 unspecified atom stereocenters.